The molecule has 0 spiro atoms. The minimum atomic E-state index is -0.327. The van der Waals surface area contributed by atoms with E-state index in [0.29, 0.717) is 11.7 Å². The van der Waals surface area contributed by atoms with E-state index in [1.54, 1.807) is 4.68 Å². The Kier molecular flexibility index (Phi) is 6.37. The number of carbonyl (C=O) groups excluding carboxylic acids is 1. The monoisotopic (exact) mass is 409 g/mol. The van der Waals surface area contributed by atoms with Crippen molar-refractivity contribution in [3.05, 3.63) is 65.7 Å². The van der Waals surface area contributed by atoms with Gasteiger partial charge >= 0.3 is 0 Å². The van der Waals surface area contributed by atoms with Crippen LogP contribution < -0.4 is 0 Å². The van der Waals surface area contributed by atoms with Gasteiger partial charge in [0, 0.05) is 12.1 Å². The van der Waals surface area contributed by atoms with E-state index >= 15 is 0 Å². The molecule has 1 aromatic heterocycles. The number of nitrogens with zero attached hydrogens (tertiary/aromatic N) is 5. The summed E-state index contributed by atoms with van der Waals surface area (Å²) in [4.78, 5) is 15.3. The van der Waals surface area contributed by atoms with Crippen LogP contribution in [0.25, 0.3) is 5.69 Å². The third-order valence-corrected chi connectivity index (χ3v) is 5.69. The molecule has 0 aliphatic rings. The number of aryl methyl sites for hydroxylation is 1. The zero-order chi connectivity index (χ0) is 21.0. The maximum Gasteiger partial charge on any atom is 0.236 e. The predicted molar refractivity (Wildman–Crippen MR) is 116 cm³/mol. The third kappa shape index (κ3) is 5.03. The molecule has 3 rings (SSSR count). The van der Waals surface area contributed by atoms with Gasteiger partial charge in [0.1, 0.15) is 0 Å². The first-order chi connectivity index (χ1) is 13.8. The second-order valence-corrected chi connectivity index (χ2v) is 9.31. The van der Waals surface area contributed by atoms with Gasteiger partial charge in [0.15, 0.2) is 0 Å². The van der Waals surface area contributed by atoms with Crippen LogP contribution in [0.1, 0.15) is 38.8 Å². The number of hydrogen-bond acceptors (Lipinski definition) is 5. The van der Waals surface area contributed by atoms with Crippen LogP contribution in [0, 0.1) is 6.92 Å². The molecule has 0 aliphatic carbocycles. The van der Waals surface area contributed by atoms with Crippen molar-refractivity contribution in [1.29, 1.82) is 0 Å². The second-order valence-electron chi connectivity index (χ2n) is 8.00. The van der Waals surface area contributed by atoms with Crippen LogP contribution in [0.4, 0.5) is 0 Å². The molecular weight excluding hydrogens is 382 g/mol. The second kappa shape index (κ2) is 8.78. The first-order valence-corrected chi connectivity index (χ1v) is 10.5. The maximum absolute atomic E-state index is 13.4. The van der Waals surface area contributed by atoms with Crippen molar-refractivity contribution in [2.45, 2.75) is 57.1 Å². The van der Waals surface area contributed by atoms with Gasteiger partial charge in [-0.25, -0.2) is 0 Å². The summed E-state index contributed by atoms with van der Waals surface area (Å²) < 4.78 is 1.70. The van der Waals surface area contributed by atoms with Crippen LogP contribution >= 0.6 is 11.8 Å². The van der Waals surface area contributed by atoms with Crippen molar-refractivity contribution in [2.75, 3.05) is 0 Å². The summed E-state index contributed by atoms with van der Waals surface area (Å²) in [7, 11) is 0. The highest BCUT2D eigenvalue weighted by atomic mass is 32.2. The normalized spacial score (nSPS) is 12.6. The molecule has 29 heavy (non-hydrogen) atoms. The van der Waals surface area contributed by atoms with Crippen molar-refractivity contribution in [1.82, 2.24) is 25.1 Å². The Hall–Kier alpha value is -2.67. The largest absolute Gasteiger partial charge is 0.333 e. The number of rotatable bonds is 6. The van der Waals surface area contributed by atoms with Crippen molar-refractivity contribution in [3.8, 4) is 5.69 Å². The molecule has 0 saturated carbocycles. The third-order valence-electron chi connectivity index (χ3n) is 4.67. The van der Waals surface area contributed by atoms with Gasteiger partial charge in [-0.05, 0) is 62.2 Å². The van der Waals surface area contributed by atoms with E-state index in [4.69, 9.17) is 0 Å². The molecule has 0 fully saturated rings. The zero-order valence-electron chi connectivity index (χ0n) is 17.5. The van der Waals surface area contributed by atoms with Gasteiger partial charge in [0.05, 0.1) is 10.9 Å². The van der Waals surface area contributed by atoms with Crippen LogP contribution in [-0.2, 0) is 11.3 Å². The van der Waals surface area contributed by atoms with Gasteiger partial charge < -0.3 is 4.90 Å². The fourth-order valence-corrected chi connectivity index (χ4v) is 3.91. The molecule has 2 aromatic carbocycles. The SMILES string of the molecule is Cc1ccccc1-n1nnnc1S[C@@H](C)C(=O)N(Cc1ccccc1)C(C)(C)C. The predicted octanol–water partition coefficient (Wildman–Crippen LogP) is 4.28. The van der Waals surface area contributed by atoms with E-state index in [1.807, 2.05) is 73.3 Å². The molecule has 3 aromatic rings. The number of aromatic nitrogens is 4. The zero-order valence-corrected chi connectivity index (χ0v) is 18.3. The molecule has 152 valence electrons. The molecule has 0 bridgehead atoms. The number of benzene rings is 2. The quantitative estimate of drug-likeness (QED) is 0.569. The molecule has 1 atom stereocenters. The average Bonchev–Trinajstić information content (AvgIpc) is 3.13. The molecule has 7 heteroatoms. The van der Waals surface area contributed by atoms with Gasteiger partial charge in [0.2, 0.25) is 11.1 Å². The number of thioether (sulfide) groups is 1. The molecule has 0 aliphatic heterocycles. The van der Waals surface area contributed by atoms with Gasteiger partial charge in [0.25, 0.3) is 0 Å². The van der Waals surface area contributed by atoms with Crippen LogP contribution in [0.3, 0.4) is 0 Å². The highest BCUT2D eigenvalue weighted by molar-refractivity contribution is 8.00. The molecule has 6 nitrogen and oxygen atoms in total. The minimum Gasteiger partial charge on any atom is -0.333 e. The van der Waals surface area contributed by atoms with E-state index in [-0.39, 0.29) is 16.7 Å². The Balaban J connectivity index is 1.81. The Morgan fingerprint density at radius 2 is 1.76 bits per heavy atom. The summed E-state index contributed by atoms with van der Waals surface area (Å²) in [6.07, 6.45) is 0. The number of tetrazole rings is 1. The van der Waals surface area contributed by atoms with Crippen molar-refractivity contribution in [2.24, 2.45) is 0 Å². The topological polar surface area (TPSA) is 63.9 Å². The van der Waals surface area contributed by atoms with Gasteiger partial charge in [-0.15, -0.1) is 5.10 Å². The lowest BCUT2D eigenvalue weighted by Gasteiger charge is -2.37. The summed E-state index contributed by atoms with van der Waals surface area (Å²) >= 11 is 1.38. The molecule has 0 radical (unpaired) electrons. The molecular formula is C22H27N5OS. The smallest absolute Gasteiger partial charge is 0.236 e. The summed E-state index contributed by atoms with van der Waals surface area (Å²) in [5, 5.41) is 12.4. The standard InChI is InChI=1S/C22H27N5OS/c1-16-11-9-10-14-19(16)27-21(23-24-25-27)29-17(2)20(28)26(22(3,4)5)15-18-12-7-6-8-13-18/h6-14,17H,15H2,1-5H3/t17-/m0/s1. The highest BCUT2D eigenvalue weighted by Crippen LogP contribution is 2.28. The van der Waals surface area contributed by atoms with Crippen LogP contribution in [0.15, 0.2) is 59.8 Å². The lowest BCUT2D eigenvalue weighted by molar-refractivity contribution is -0.135. The summed E-state index contributed by atoms with van der Waals surface area (Å²) in [6, 6.07) is 18.0. The number of amides is 1. The Morgan fingerprint density at radius 3 is 2.41 bits per heavy atom. The first kappa shape index (κ1) is 21.0. The molecule has 0 unspecified atom stereocenters. The summed E-state index contributed by atoms with van der Waals surface area (Å²) in [5.41, 5.74) is 2.79. The van der Waals surface area contributed by atoms with E-state index in [2.05, 4.69) is 36.3 Å². The van der Waals surface area contributed by atoms with Crippen molar-refractivity contribution < 1.29 is 4.79 Å². The number of hydrogen-bond donors (Lipinski definition) is 0. The Morgan fingerprint density at radius 1 is 1.10 bits per heavy atom. The highest BCUT2D eigenvalue weighted by Gasteiger charge is 2.31. The lowest BCUT2D eigenvalue weighted by Crippen LogP contribution is -2.48. The molecule has 0 N–H and O–H groups in total. The fraction of sp³-hybridized carbons (Fsp3) is 0.364. The molecule has 1 heterocycles. The number of carbonyl (C=O) groups is 1. The van der Waals surface area contributed by atoms with E-state index < -0.39 is 0 Å². The van der Waals surface area contributed by atoms with E-state index in [9.17, 15) is 4.79 Å². The van der Waals surface area contributed by atoms with Crippen LogP contribution in [-0.4, -0.2) is 41.8 Å². The van der Waals surface area contributed by atoms with Gasteiger partial charge in [-0.2, -0.15) is 4.68 Å². The van der Waals surface area contributed by atoms with E-state index in [0.717, 1.165) is 16.8 Å². The van der Waals surface area contributed by atoms with Gasteiger partial charge in [-0.1, -0.05) is 60.3 Å². The van der Waals surface area contributed by atoms with Crippen molar-refractivity contribution in [3.63, 3.8) is 0 Å². The summed E-state index contributed by atoms with van der Waals surface area (Å²) in [5.74, 6) is 0.0608. The van der Waals surface area contributed by atoms with Crippen molar-refractivity contribution >= 4 is 17.7 Å². The molecule has 1 amide bonds. The molecule has 0 saturated heterocycles. The van der Waals surface area contributed by atoms with Crippen LogP contribution in [0.2, 0.25) is 0 Å². The maximum atomic E-state index is 13.4. The summed E-state index contributed by atoms with van der Waals surface area (Å²) in [6.45, 7) is 10.7. The average molecular weight is 410 g/mol. The van der Waals surface area contributed by atoms with Crippen LogP contribution in [0.5, 0.6) is 0 Å². The first-order valence-electron chi connectivity index (χ1n) is 9.64. The van der Waals surface area contributed by atoms with E-state index in [1.165, 1.54) is 11.8 Å². The minimum absolute atomic E-state index is 0.0608. The fourth-order valence-electron chi connectivity index (χ4n) is 3.04. The van der Waals surface area contributed by atoms with Gasteiger partial charge in [-0.3, -0.25) is 4.79 Å². The number of para-hydroxylation sites is 1. The lowest BCUT2D eigenvalue weighted by atomic mass is 10.0. The Labute approximate surface area is 176 Å². The Bertz CT molecular complexity index is 965.